The first-order valence-electron chi connectivity index (χ1n) is 3.84. The SMILES string of the molecule is CC1CC(N=C(N)N)C(C)O1. The van der Waals surface area contributed by atoms with E-state index in [2.05, 4.69) is 4.99 Å². The van der Waals surface area contributed by atoms with E-state index in [4.69, 9.17) is 16.2 Å². The molecule has 4 heteroatoms. The van der Waals surface area contributed by atoms with Gasteiger partial charge in [-0.25, -0.2) is 4.99 Å². The highest BCUT2D eigenvalue weighted by atomic mass is 16.5. The maximum absolute atomic E-state index is 5.46. The number of guanidine groups is 1. The second-order valence-corrected chi connectivity index (χ2v) is 3.01. The molecule has 1 saturated heterocycles. The van der Waals surface area contributed by atoms with Gasteiger partial charge in [0.2, 0.25) is 0 Å². The molecular formula is C7H15N3O. The van der Waals surface area contributed by atoms with E-state index in [9.17, 15) is 0 Å². The van der Waals surface area contributed by atoms with E-state index in [1.165, 1.54) is 0 Å². The molecule has 1 heterocycles. The highest BCUT2D eigenvalue weighted by Crippen LogP contribution is 2.21. The fourth-order valence-corrected chi connectivity index (χ4v) is 1.39. The minimum Gasteiger partial charge on any atom is -0.373 e. The Bertz CT molecular complexity index is 165. The Hall–Kier alpha value is -0.770. The monoisotopic (exact) mass is 157 g/mol. The molecule has 1 fully saturated rings. The van der Waals surface area contributed by atoms with Crippen molar-refractivity contribution in [3.05, 3.63) is 0 Å². The Morgan fingerprint density at radius 1 is 1.45 bits per heavy atom. The van der Waals surface area contributed by atoms with Gasteiger partial charge in [0.05, 0.1) is 18.2 Å². The lowest BCUT2D eigenvalue weighted by Gasteiger charge is -2.07. The third kappa shape index (κ3) is 2.08. The lowest BCUT2D eigenvalue weighted by molar-refractivity contribution is 0.0638. The van der Waals surface area contributed by atoms with Crippen LogP contribution in [0.15, 0.2) is 4.99 Å². The summed E-state index contributed by atoms with van der Waals surface area (Å²) in [6.07, 6.45) is 1.34. The lowest BCUT2D eigenvalue weighted by Crippen LogP contribution is -2.27. The van der Waals surface area contributed by atoms with Crippen molar-refractivity contribution in [1.29, 1.82) is 0 Å². The van der Waals surface area contributed by atoms with Gasteiger partial charge < -0.3 is 16.2 Å². The zero-order valence-electron chi connectivity index (χ0n) is 6.95. The zero-order chi connectivity index (χ0) is 8.43. The van der Waals surface area contributed by atoms with Crippen LogP contribution < -0.4 is 11.5 Å². The normalized spacial score (nSPS) is 37.1. The number of nitrogens with zero attached hydrogens (tertiary/aromatic N) is 1. The van der Waals surface area contributed by atoms with Crippen molar-refractivity contribution in [3.8, 4) is 0 Å². The van der Waals surface area contributed by atoms with Crippen molar-refractivity contribution in [3.63, 3.8) is 0 Å². The molecular weight excluding hydrogens is 142 g/mol. The van der Waals surface area contributed by atoms with E-state index in [1.807, 2.05) is 13.8 Å². The second kappa shape index (κ2) is 3.09. The fraction of sp³-hybridized carbons (Fsp3) is 0.857. The summed E-state index contributed by atoms with van der Waals surface area (Å²) >= 11 is 0. The molecule has 0 radical (unpaired) electrons. The van der Waals surface area contributed by atoms with Crippen LogP contribution in [0.5, 0.6) is 0 Å². The van der Waals surface area contributed by atoms with Crippen LogP contribution in [0.2, 0.25) is 0 Å². The van der Waals surface area contributed by atoms with Crippen LogP contribution in [0.1, 0.15) is 20.3 Å². The molecule has 3 atom stereocenters. The predicted octanol–water partition coefficient (Wildman–Crippen LogP) is -0.174. The molecule has 1 aliphatic heterocycles. The Morgan fingerprint density at radius 2 is 2.09 bits per heavy atom. The van der Waals surface area contributed by atoms with Gasteiger partial charge in [-0.3, -0.25) is 0 Å². The summed E-state index contributed by atoms with van der Waals surface area (Å²) in [6, 6.07) is 0.148. The molecule has 11 heavy (non-hydrogen) atoms. The summed E-state index contributed by atoms with van der Waals surface area (Å²) in [5.74, 6) is 0.152. The first-order valence-corrected chi connectivity index (χ1v) is 3.84. The molecule has 1 rings (SSSR count). The summed E-state index contributed by atoms with van der Waals surface area (Å²) in [4.78, 5) is 4.06. The molecule has 0 aromatic carbocycles. The Balaban J connectivity index is 2.53. The minimum absolute atomic E-state index is 0.145. The van der Waals surface area contributed by atoms with Crippen molar-refractivity contribution in [1.82, 2.24) is 0 Å². The standard InChI is InChI=1S/C7H15N3O/c1-4-3-6(5(2)11-4)10-7(8)9/h4-6H,3H2,1-2H3,(H4,8,9,10). The Labute approximate surface area is 66.6 Å². The molecule has 0 bridgehead atoms. The van der Waals surface area contributed by atoms with Gasteiger partial charge in [-0.2, -0.15) is 0 Å². The van der Waals surface area contributed by atoms with Crippen LogP contribution in [-0.2, 0) is 4.74 Å². The van der Waals surface area contributed by atoms with Crippen molar-refractivity contribution in [2.45, 2.75) is 38.5 Å². The summed E-state index contributed by atoms with van der Waals surface area (Å²) in [5, 5.41) is 0. The van der Waals surface area contributed by atoms with Crippen molar-refractivity contribution in [2.75, 3.05) is 0 Å². The number of rotatable bonds is 1. The van der Waals surface area contributed by atoms with Gasteiger partial charge in [0.1, 0.15) is 0 Å². The number of aliphatic imine (C=N–C) groups is 1. The van der Waals surface area contributed by atoms with Crippen LogP contribution in [0, 0.1) is 0 Å². The molecule has 64 valence electrons. The number of ether oxygens (including phenoxy) is 1. The Kier molecular flexibility index (Phi) is 2.34. The first-order chi connectivity index (χ1) is 5.09. The maximum Gasteiger partial charge on any atom is 0.186 e. The van der Waals surface area contributed by atoms with Gasteiger partial charge in [0.15, 0.2) is 5.96 Å². The number of hydrogen-bond donors (Lipinski definition) is 2. The van der Waals surface area contributed by atoms with Gasteiger partial charge in [-0.15, -0.1) is 0 Å². The summed E-state index contributed by atoms with van der Waals surface area (Å²) in [7, 11) is 0. The lowest BCUT2D eigenvalue weighted by atomic mass is 10.1. The van der Waals surface area contributed by atoms with Crippen molar-refractivity contribution in [2.24, 2.45) is 16.5 Å². The molecule has 0 aromatic heterocycles. The van der Waals surface area contributed by atoms with E-state index in [-0.39, 0.29) is 24.2 Å². The Morgan fingerprint density at radius 3 is 2.45 bits per heavy atom. The average molecular weight is 157 g/mol. The van der Waals surface area contributed by atoms with Crippen LogP contribution in [-0.4, -0.2) is 24.2 Å². The van der Waals surface area contributed by atoms with Gasteiger partial charge in [-0.1, -0.05) is 0 Å². The van der Waals surface area contributed by atoms with Crippen LogP contribution >= 0.6 is 0 Å². The quantitative estimate of drug-likeness (QED) is 0.410. The van der Waals surface area contributed by atoms with E-state index < -0.39 is 0 Å². The van der Waals surface area contributed by atoms with E-state index in [0.29, 0.717) is 0 Å². The largest absolute Gasteiger partial charge is 0.373 e. The maximum atomic E-state index is 5.46. The highest BCUT2D eigenvalue weighted by molar-refractivity contribution is 5.75. The summed E-state index contributed by atoms with van der Waals surface area (Å²) in [6.45, 7) is 4.01. The molecule has 4 nitrogen and oxygen atoms in total. The van der Waals surface area contributed by atoms with Crippen molar-refractivity contribution >= 4 is 5.96 Å². The summed E-state index contributed by atoms with van der Waals surface area (Å²) < 4.78 is 5.46. The van der Waals surface area contributed by atoms with Gasteiger partial charge in [0, 0.05) is 0 Å². The van der Waals surface area contributed by atoms with Crippen molar-refractivity contribution < 1.29 is 4.74 Å². The molecule has 1 aliphatic rings. The van der Waals surface area contributed by atoms with Crippen LogP contribution in [0.4, 0.5) is 0 Å². The molecule has 0 amide bonds. The summed E-state index contributed by atoms with van der Waals surface area (Å²) in [5.41, 5.74) is 10.5. The zero-order valence-corrected chi connectivity index (χ0v) is 6.95. The molecule has 4 N–H and O–H groups in total. The average Bonchev–Trinajstić information content (AvgIpc) is 2.09. The predicted molar refractivity (Wildman–Crippen MR) is 44.2 cm³/mol. The number of nitrogens with two attached hydrogens (primary N) is 2. The second-order valence-electron chi connectivity index (χ2n) is 3.01. The van der Waals surface area contributed by atoms with E-state index in [0.717, 1.165) is 6.42 Å². The van der Waals surface area contributed by atoms with Gasteiger partial charge in [-0.05, 0) is 20.3 Å². The molecule has 0 spiro atoms. The minimum atomic E-state index is 0.145. The smallest absolute Gasteiger partial charge is 0.186 e. The molecule has 3 unspecified atom stereocenters. The van der Waals surface area contributed by atoms with Crippen LogP contribution in [0.25, 0.3) is 0 Å². The molecule has 0 saturated carbocycles. The third-order valence-corrected chi connectivity index (χ3v) is 1.88. The highest BCUT2D eigenvalue weighted by Gasteiger charge is 2.28. The van der Waals surface area contributed by atoms with Crippen LogP contribution in [0.3, 0.4) is 0 Å². The topological polar surface area (TPSA) is 73.6 Å². The van der Waals surface area contributed by atoms with E-state index in [1.54, 1.807) is 0 Å². The third-order valence-electron chi connectivity index (χ3n) is 1.88. The van der Waals surface area contributed by atoms with Gasteiger partial charge in [0.25, 0.3) is 0 Å². The van der Waals surface area contributed by atoms with E-state index >= 15 is 0 Å². The molecule has 0 aliphatic carbocycles. The number of hydrogen-bond acceptors (Lipinski definition) is 2. The fourth-order valence-electron chi connectivity index (χ4n) is 1.39. The van der Waals surface area contributed by atoms with Gasteiger partial charge >= 0.3 is 0 Å². The molecule has 0 aromatic rings. The first kappa shape index (κ1) is 8.33.